The van der Waals surface area contributed by atoms with E-state index in [-0.39, 0.29) is 0 Å². The second-order valence-corrected chi connectivity index (χ2v) is 6.83. The Morgan fingerprint density at radius 2 is 2.00 bits per heavy atom. The van der Waals surface area contributed by atoms with Crippen LogP contribution in [0.2, 0.25) is 0 Å². The summed E-state index contributed by atoms with van der Waals surface area (Å²) >= 11 is 4.81. The second kappa shape index (κ2) is 7.15. The van der Waals surface area contributed by atoms with Crippen molar-refractivity contribution in [2.75, 3.05) is 7.11 Å². The number of thiazole rings is 1. The van der Waals surface area contributed by atoms with Crippen LogP contribution in [0.25, 0.3) is 23.0 Å². The van der Waals surface area contributed by atoms with Crippen LogP contribution in [0.4, 0.5) is 0 Å². The molecule has 2 heterocycles. The number of carbonyl (C=O) groups excluding carboxylic acids is 1. The number of nitrogens with zero attached hydrogens (tertiary/aromatic N) is 1. The molecule has 2 aromatic heterocycles. The first-order valence-electron chi connectivity index (χ1n) is 7.15. The minimum absolute atomic E-state index is 0.382. The van der Waals surface area contributed by atoms with Crippen LogP contribution in [0.3, 0.4) is 0 Å². The fourth-order valence-electron chi connectivity index (χ4n) is 2.14. The molecule has 0 spiro atoms. The van der Waals surface area contributed by atoms with E-state index >= 15 is 0 Å². The zero-order valence-electron chi connectivity index (χ0n) is 13.1. The van der Waals surface area contributed by atoms with Gasteiger partial charge in [-0.1, -0.05) is 28.1 Å². The van der Waals surface area contributed by atoms with Crippen LogP contribution >= 0.6 is 27.3 Å². The summed E-state index contributed by atoms with van der Waals surface area (Å²) < 4.78 is 11.7. The van der Waals surface area contributed by atoms with Crippen molar-refractivity contribution in [3.8, 4) is 11.3 Å². The maximum Gasteiger partial charge on any atom is 0.341 e. The van der Waals surface area contributed by atoms with Crippen molar-refractivity contribution in [1.29, 1.82) is 0 Å². The van der Waals surface area contributed by atoms with E-state index in [4.69, 9.17) is 9.15 Å². The lowest BCUT2D eigenvalue weighted by Gasteiger charge is -2.01. The molecule has 0 unspecified atom stereocenters. The summed E-state index contributed by atoms with van der Waals surface area (Å²) in [5, 5.41) is 2.50. The van der Waals surface area contributed by atoms with E-state index < -0.39 is 5.97 Å². The molecule has 0 aliphatic carbocycles. The number of benzene rings is 1. The Morgan fingerprint density at radius 3 is 2.62 bits per heavy atom. The number of methoxy groups -OCH3 is 1. The molecule has 3 aromatic rings. The van der Waals surface area contributed by atoms with Gasteiger partial charge in [-0.3, -0.25) is 0 Å². The Labute approximate surface area is 151 Å². The number of aryl methyl sites for hydroxylation is 1. The van der Waals surface area contributed by atoms with E-state index in [2.05, 4.69) is 20.9 Å². The normalized spacial score (nSPS) is 11.5. The predicted molar refractivity (Wildman–Crippen MR) is 98.6 cm³/mol. The van der Waals surface area contributed by atoms with Crippen LogP contribution in [0.1, 0.15) is 16.5 Å². The minimum Gasteiger partial charge on any atom is -0.465 e. The molecule has 4 nitrogen and oxygen atoms in total. The van der Waals surface area contributed by atoms with Crippen molar-refractivity contribution in [3.63, 3.8) is 0 Å². The topological polar surface area (TPSA) is 52.3 Å². The van der Waals surface area contributed by atoms with E-state index in [1.54, 1.807) is 6.08 Å². The molecule has 6 heteroatoms. The first-order chi connectivity index (χ1) is 11.6. The Balaban J connectivity index is 1.96. The van der Waals surface area contributed by atoms with E-state index in [0.29, 0.717) is 16.3 Å². The number of hydrogen-bond acceptors (Lipinski definition) is 5. The molecule has 0 atom stereocenters. The number of aromatic nitrogens is 1. The molecule has 0 saturated heterocycles. The molecule has 0 aliphatic heterocycles. The standard InChI is InChI=1S/C18H14BrNO3S/c1-11-10-24-17(20-11)15(18(21)22-2)9-14-7-8-16(23-14)12-3-5-13(19)6-4-12/h3-10H,1-2H3/b15-9-. The van der Waals surface area contributed by atoms with E-state index in [1.807, 2.05) is 48.7 Å². The van der Waals surface area contributed by atoms with Gasteiger partial charge in [0.2, 0.25) is 0 Å². The molecule has 0 saturated carbocycles. The highest BCUT2D eigenvalue weighted by Gasteiger charge is 2.17. The van der Waals surface area contributed by atoms with Crippen LogP contribution in [-0.2, 0) is 9.53 Å². The van der Waals surface area contributed by atoms with Gasteiger partial charge in [-0.05, 0) is 37.3 Å². The van der Waals surface area contributed by atoms with E-state index in [9.17, 15) is 4.79 Å². The summed E-state index contributed by atoms with van der Waals surface area (Å²) in [5.41, 5.74) is 2.20. The quantitative estimate of drug-likeness (QED) is 0.444. The molecular weight excluding hydrogens is 390 g/mol. The first-order valence-corrected chi connectivity index (χ1v) is 8.82. The van der Waals surface area contributed by atoms with Crippen molar-refractivity contribution < 1.29 is 13.9 Å². The predicted octanol–water partition coefficient (Wildman–Crippen LogP) is 5.19. The van der Waals surface area contributed by atoms with Gasteiger partial charge in [0, 0.05) is 21.1 Å². The van der Waals surface area contributed by atoms with Crippen molar-refractivity contribution >= 4 is 44.9 Å². The van der Waals surface area contributed by atoms with Gasteiger partial charge in [-0.2, -0.15) is 0 Å². The molecule has 0 N–H and O–H groups in total. The molecule has 0 amide bonds. The van der Waals surface area contributed by atoms with Crippen LogP contribution in [-0.4, -0.2) is 18.1 Å². The monoisotopic (exact) mass is 403 g/mol. The highest BCUT2D eigenvalue weighted by Crippen LogP contribution is 2.28. The average molecular weight is 404 g/mol. The van der Waals surface area contributed by atoms with Gasteiger partial charge < -0.3 is 9.15 Å². The number of hydrogen-bond donors (Lipinski definition) is 0. The highest BCUT2D eigenvalue weighted by molar-refractivity contribution is 9.10. The molecule has 24 heavy (non-hydrogen) atoms. The van der Waals surface area contributed by atoms with Gasteiger partial charge in [0.05, 0.1) is 12.7 Å². The SMILES string of the molecule is COC(=O)/C(=C\c1ccc(-c2ccc(Br)cc2)o1)c1nc(C)cs1. The summed E-state index contributed by atoms with van der Waals surface area (Å²) in [5.74, 6) is 0.861. The molecule has 1 aromatic carbocycles. The third-order valence-electron chi connectivity index (χ3n) is 3.30. The molecule has 0 radical (unpaired) electrons. The Bertz CT molecular complexity index is 893. The van der Waals surface area contributed by atoms with Gasteiger partial charge in [0.1, 0.15) is 16.5 Å². The van der Waals surface area contributed by atoms with Crippen molar-refractivity contribution in [1.82, 2.24) is 4.98 Å². The van der Waals surface area contributed by atoms with Crippen LogP contribution in [0, 0.1) is 6.92 Å². The lowest BCUT2D eigenvalue weighted by Crippen LogP contribution is -2.03. The largest absolute Gasteiger partial charge is 0.465 e. The summed E-state index contributed by atoms with van der Waals surface area (Å²) in [4.78, 5) is 16.4. The third kappa shape index (κ3) is 3.66. The average Bonchev–Trinajstić information content (AvgIpc) is 3.21. The molecule has 0 fully saturated rings. The zero-order chi connectivity index (χ0) is 17.1. The third-order valence-corrected chi connectivity index (χ3v) is 4.82. The Morgan fingerprint density at radius 1 is 1.25 bits per heavy atom. The van der Waals surface area contributed by atoms with Crippen LogP contribution < -0.4 is 0 Å². The fraction of sp³-hybridized carbons (Fsp3) is 0.111. The molecule has 0 aliphatic rings. The smallest absolute Gasteiger partial charge is 0.341 e. The number of esters is 1. The Hall–Kier alpha value is -2.18. The number of carbonyl (C=O) groups is 1. The van der Waals surface area contributed by atoms with Gasteiger partial charge in [-0.15, -0.1) is 11.3 Å². The van der Waals surface area contributed by atoms with Crippen LogP contribution in [0.5, 0.6) is 0 Å². The molecular formula is C18H14BrNO3S. The summed E-state index contributed by atoms with van der Waals surface area (Å²) in [7, 11) is 1.35. The lowest BCUT2D eigenvalue weighted by atomic mass is 10.2. The minimum atomic E-state index is -0.439. The summed E-state index contributed by atoms with van der Waals surface area (Å²) in [6.07, 6.45) is 1.66. The molecule has 0 bridgehead atoms. The zero-order valence-corrected chi connectivity index (χ0v) is 15.5. The van der Waals surface area contributed by atoms with Gasteiger partial charge >= 0.3 is 5.97 Å². The first kappa shape index (κ1) is 16.7. The highest BCUT2D eigenvalue weighted by atomic mass is 79.9. The molecule has 122 valence electrons. The second-order valence-electron chi connectivity index (χ2n) is 5.05. The number of halogens is 1. The van der Waals surface area contributed by atoms with Crippen molar-refractivity contribution in [2.24, 2.45) is 0 Å². The Kier molecular flexibility index (Phi) is 4.97. The van der Waals surface area contributed by atoms with E-state index in [1.165, 1.54) is 18.4 Å². The van der Waals surface area contributed by atoms with Crippen molar-refractivity contribution in [2.45, 2.75) is 6.92 Å². The fourth-order valence-corrected chi connectivity index (χ4v) is 3.20. The molecule has 3 rings (SSSR count). The number of ether oxygens (including phenoxy) is 1. The maximum absolute atomic E-state index is 12.1. The maximum atomic E-state index is 12.1. The van der Waals surface area contributed by atoms with Gasteiger partial charge in [0.25, 0.3) is 0 Å². The number of furan rings is 1. The van der Waals surface area contributed by atoms with E-state index in [0.717, 1.165) is 21.5 Å². The van der Waals surface area contributed by atoms with Crippen LogP contribution in [0.15, 0.2) is 50.7 Å². The summed E-state index contributed by atoms with van der Waals surface area (Å²) in [6.45, 7) is 1.88. The lowest BCUT2D eigenvalue weighted by molar-refractivity contribution is -0.133. The van der Waals surface area contributed by atoms with Gasteiger partial charge in [-0.25, -0.2) is 9.78 Å². The van der Waals surface area contributed by atoms with Gasteiger partial charge in [0.15, 0.2) is 0 Å². The van der Waals surface area contributed by atoms with Crippen molar-refractivity contribution in [3.05, 3.63) is 62.7 Å². The number of rotatable bonds is 4. The summed E-state index contributed by atoms with van der Waals surface area (Å²) in [6, 6.07) is 11.5.